The minimum absolute atomic E-state index is 0.0349. The van der Waals surface area contributed by atoms with Gasteiger partial charge in [-0.1, -0.05) is 60.7 Å². The van der Waals surface area contributed by atoms with Crippen LogP contribution in [0.25, 0.3) is 6.08 Å². The van der Waals surface area contributed by atoms with Crippen molar-refractivity contribution in [2.45, 2.75) is 18.9 Å². The van der Waals surface area contributed by atoms with Crippen molar-refractivity contribution >= 4 is 6.08 Å². The van der Waals surface area contributed by atoms with E-state index < -0.39 is 6.10 Å². The standard InChI is InChI=1S/C19H20O3/c20-17(9-5-4-8-15-6-2-1-3-7-15)12-10-16-11-13-18(21)14-19(16)22/h1-9,11,13-14,17,20-22H,10,12H2/b8-4+,9-5+. The topological polar surface area (TPSA) is 60.7 Å². The summed E-state index contributed by atoms with van der Waals surface area (Å²) in [6, 6.07) is 14.4. The number of aromatic hydroxyl groups is 2. The third kappa shape index (κ3) is 5.11. The van der Waals surface area contributed by atoms with E-state index in [0.29, 0.717) is 18.4 Å². The molecular weight excluding hydrogens is 276 g/mol. The number of rotatable bonds is 6. The van der Waals surface area contributed by atoms with Crippen molar-refractivity contribution in [2.24, 2.45) is 0 Å². The second-order valence-electron chi connectivity index (χ2n) is 5.07. The SMILES string of the molecule is Oc1ccc(CCC(O)/C=C/C=C/c2ccccc2)c(O)c1. The smallest absolute Gasteiger partial charge is 0.122 e. The van der Waals surface area contributed by atoms with Crippen molar-refractivity contribution < 1.29 is 15.3 Å². The van der Waals surface area contributed by atoms with Gasteiger partial charge in [-0.25, -0.2) is 0 Å². The van der Waals surface area contributed by atoms with Crippen molar-refractivity contribution in [2.75, 3.05) is 0 Å². The first-order chi connectivity index (χ1) is 10.6. The zero-order chi connectivity index (χ0) is 15.8. The maximum atomic E-state index is 9.90. The molecule has 0 bridgehead atoms. The van der Waals surface area contributed by atoms with Gasteiger partial charge >= 0.3 is 0 Å². The summed E-state index contributed by atoms with van der Waals surface area (Å²) in [4.78, 5) is 0. The van der Waals surface area contributed by atoms with Gasteiger partial charge in [0.05, 0.1) is 6.10 Å². The Kier molecular flexibility index (Phi) is 5.81. The monoisotopic (exact) mass is 296 g/mol. The molecule has 0 aromatic heterocycles. The van der Waals surface area contributed by atoms with Gasteiger partial charge in [-0.2, -0.15) is 0 Å². The van der Waals surface area contributed by atoms with E-state index in [-0.39, 0.29) is 11.5 Å². The van der Waals surface area contributed by atoms with Gasteiger partial charge < -0.3 is 15.3 Å². The van der Waals surface area contributed by atoms with E-state index >= 15 is 0 Å². The molecule has 3 N–H and O–H groups in total. The van der Waals surface area contributed by atoms with E-state index in [1.165, 1.54) is 12.1 Å². The molecule has 0 saturated carbocycles. The summed E-state index contributed by atoms with van der Waals surface area (Å²) in [5.41, 5.74) is 1.82. The molecule has 2 aromatic carbocycles. The summed E-state index contributed by atoms with van der Waals surface area (Å²) in [5.74, 6) is 0.0906. The molecule has 0 aliphatic heterocycles. The number of hydrogen-bond donors (Lipinski definition) is 3. The predicted molar refractivity (Wildman–Crippen MR) is 88.7 cm³/mol. The van der Waals surface area contributed by atoms with Gasteiger partial charge in [0.15, 0.2) is 0 Å². The molecule has 2 rings (SSSR count). The zero-order valence-corrected chi connectivity index (χ0v) is 12.3. The minimum Gasteiger partial charge on any atom is -0.508 e. The van der Waals surface area contributed by atoms with Crippen LogP contribution in [0.15, 0.2) is 66.8 Å². The molecular formula is C19H20O3. The summed E-state index contributed by atoms with van der Waals surface area (Å²) < 4.78 is 0. The van der Waals surface area contributed by atoms with Crippen LogP contribution in [0.3, 0.4) is 0 Å². The van der Waals surface area contributed by atoms with Crippen LogP contribution in [0.2, 0.25) is 0 Å². The minimum atomic E-state index is -0.575. The van der Waals surface area contributed by atoms with Crippen molar-refractivity contribution in [1.82, 2.24) is 0 Å². The Hall–Kier alpha value is -2.52. The molecule has 1 unspecified atom stereocenters. The van der Waals surface area contributed by atoms with Gasteiger partial charge in [-0.3, -0.25) is 0 Å². The molecule has 0 spiro atoms. The Balaban J connectivity index is 1.81. The number of phenols is 2. The van der Waals surface area contributed by atoms with Crippen molar-refractivity contribution in [1.29, 1.82) is 0 Å². The highest BCUT2D eigenvalue weighted by molar-refractivity contribution is 5.50. The number of benzene rings is 2. The number of aliphatic hydroxyl groups excluding tert-OH is 1. The normalized spacial score (nSPS) is 13.0. The van der Waals surface area contributed by atoms with E-state index in [1.54, 1.807) is 12.1 Å². The van der Waals surface area contributed by atoms with Crippen LogP contribution in [-0.4, -0.2) is 21.4 Å². The lowest BCUT2D eigenvalue weighted by Gasteiger charge is -2.07. The largest absolute Gasteiger partial charge is 0.508 e. The van der Waals surface area contributed by atoms with Gasteiger partial charge in [0, 0.05) is 6.07 Å². The average molecular weight is 296 g/mol. The summed E-state index contributed by atoms with van der Waals surface area (Å²) in [5, 5.41) is 28.8. The third-order valence-corrected chi connectivity index (χ3v) is 3.31. The number of phenolic OH excluding ortho intramolecular Hbond substituents is 2. The molecule has 22 heavy (non-hydrogen) atoms. The van der Waals surface area contributed by atoms with E-state index in [0.717, 1.165) is 5.56 Å². The third-order valence-electron chi connectivity index (χ3n) is 3.31. The number of aryl methyl sites for hydroxylation is 1. The lowest BCUT2D eigenvalue weighted by molar-refractivity contribution is 0.212. The molecule has 0 radical (unpaired) electrons. The number of allylic oxidation sites excluding steroid dienone is 2. The highest BCUT2D eigenvalue weighted by Gasteiger charge is 2.05. The molecule has 3 nitrogen and oxygen atoms in total. The molecule has 0 fully saturated rings. The van der Waals surface area contributed by atoms with E-state index in [4.69, 9.17) is 0 Å². The van der Waals surface area contributed by atoms with Gasteiger partial charge in [-0.05, 0) is 30.0 Å². The summed E-state index contributed by atoms with van der Waals surface area (Å²) in [7, 11) is 0. The van der Waals surface area contributed by atoms with E-state index in [2.05, 4.69) is 0 Å². The zero-order valence-electron chi connectivity index (χ0n) is 12.3. The Labute approximate surface area is 130 Å². The maximum Gasteiger partial charge on any atom is 0.122 e. The lowest BCUT2D eigenvalue weighted by Crippen LogP contribution is -2.03. The molecule has 0 aliphatic rings. The Morgan fingerprint density at radius 3 is 2.45 bits per heavy atom. The molecule has 0 heterocycles. The van der Waals surface area contributed by atoms with Crippen molar-refractivity contribution in [3.05, 3.63) is 77.9 Å². The first kappa shape index (κ1) is 15.9. The quantitative estimate of drug-likeness (QED) is 0.713. The van der Waals surface area contributed by atoms with Gasteiger partial charge in [-0.15, -0.1) is 0 Å². The molecule has 0 aliphatic carbocycles. The van der Waals surface area contributed by atoms with E-state index in [9.17, 15) is 15.3 Å². The fourth-order valence-electron chi connectivity index (χ4n) is 2.09. The van der Waals surface area contributed by atoms with Crippen LogP contribution >= 0.6 is 0 Å². The predicted octanol–water partition coefficient (Wildman–Crippen LogP) is 3.66. The summed E-state index contributed by atoms with van der Waals surface area (Å²) in [6.07, 6.45) is 7.86. The second kappa shape index (κ2) is 8.05. The van der Waals surface area contributed by atoms with Gasteiger partial charge in [0.1, 0.15) is 11.5 Å². The van der Waals surface area contributed by atoms with Crippen LogP contribution < -0.4 is 0 Å². The Morgan fingerprint density at radius 1 is 0.955 bits per heavy atom. The van der Waals surface area contributed by atoms with Gasteiger partial charge in [0.2, 0.25) is 0 Å². The Morgan fingerprint density at radius 2 is 1.73 bits per heavy atom. The highest BCUT2D eigenvalue weighted by Crippen LogP contribution is 2.24. The van der Waals surface area contributed by atoms with Crippen LogP contribution in [0.1, 0.15) is 17.5 Å². The van der Waals surface area contributed by atoms with Crippen molar-refractivity contribution in [3.8, 4) is 11.5 Å². The van der Waals surface area contributed by atoms with Crippen LogP contribution in [0.5, 0.6) is 11.5 Å². The van der Waals surface area contributed by atoms with Crippen LogP contribution in [0.4, 0.5) is 0 Å². The number of aliphatic hydroxyl groups is 1. The fraction of sp³-hybridized carbons (Fsp3) is 0.158. The average Bonchev–Trinajstić information content (AvgIpc) is 2.52. The Bertz CT molecular complexity index is 645. The lowest BCUT2D eigenvalue weighted by atomic mass is 10.1. The number of hydrogen-bond acceptors (Lipinski definition) is 3. The summed E-state index contributed by atoms with van der Waals surface area (Å²) in [6.45, 7) is 0. The second-order valence-corrected chi connectivity index (χ2v) is 5.07. The van der Waals surface area contributed by atoms with Crippen LogP contribution in [0, 0.1) is 0 Å². The highest BCUT2D eigenvalue weighted by atomic mass is 16.3. The molecule has 1 atom stereocenters. The van der Waals surface area contributed by atoms with Crippen molar-refractivity contribution in [3.63, 3.8) is 0 Å². The van der Waals surface area contributed by atoms with E-state index in [1.807, 2.05) is 48.6 Å². The first-order valence-corrected chi connectivity index (χ1v) is 7.24. The first-order valence-electron chi connectivity index (χ1n) is 7.24. The summed E-state index contributed by atoms with van der Waals surface area (Å²) >= 11 is 0. The molecule has 2 aromatic rings. The van der Waals surface area contributed by atoms with Crippen LogP contribution in [-0.2, 0) is 6.42 Å². The van der Waals surface area contributed by atoms with Gasteiger partial charge in [0.25, 0.3) is 0 Å². The molecule has 3 heteroatoms. The molecule has 114 valence electrons. The maximum absolute atomic E-state index is 9.90. The molecule has 0 amide bonds. The molecule has 0 saturated heterocycles. The fourth-order valence-corrected chi connectivity index (χ4v) is 2.09.